The molecule has 1 aromatic carbocycles. The van der Waals surface area contributed by atoms with Crippen molar-refractivity contribution >= 4 is 46.7 Å². The van der Waals surface area contributed by atoms with Crippen molar-refractivity contribution < 1.29 is 4.39 Å². The van der Waals surface area contributed by atoms with E-state index in [0.717, 1.165) is 0 Å². The van der Waals surface area contributed by atoms with E-state index in [1.807, 2.05) is 0 Å². The summed E-state index contributed by atoms with van der Waals surface area (Å²) >= 11 is 15.7. The molecule has 80 valence electrons. The summed E-state index contributed by atoms with van der Waals surface area (Å²) in [6, 6.07) is 2.66. The lowest BCUT2D eigenvalue weighted by Crippen LogP contribution is -2.23. The van der Waals surface area contributed by atoms with Crippen LogP contribution in [-0.2, 0) is 0 Å². The van der Waals surface area contributed by atoms with Crippen LogP contribution < -0.4 is 11.2 Å². The lowest BCUT2D eigenvalue weighted by molar-refractivity contribution is 0.628. The van der Waals surface area contributed by atoms with Gasteiger partial charge in [-0.15, -0.1) is 0 Å². The number of nitrogens with zero attached hydrogens (tertiary/aromatic N) is 1. The van der Waals surface area contributed by atoms with Gasteiger partial charge in [-0.3, -0.25) is 5.43 Å². The highest BCUT2D eigenvalue weighted by molar-refractivity contribution is 7.80. The molecule has 1 rings (SSSR count). The highest BCUT2D eigenvalue weighted by Gasteiger charge is 2.05. The first-order valence-corrected chi connectivity index (χ1v) is 4.90. The highest BCUT2D eigenvalue weighted by Crippen LogP contribution is 2.25. The summed E-state index contributed by atoms with van der Waals surface area (Å²) in [5, 5.41) is 3.67. The molecule has 0 fully saturated rings. The van der Waals surface area contributed by atoms with Crippen LogP contribution in [-0.4, -0.2) is 11.3 Å². The number of benzene rings is 1. The Balaban J connectivity index is 2.87. The third-order valence-electron chi connectivity index (χ3n) is 1.39. The molecule has 7 heteroatoms. The lowest BCUT2D eigenvalue weighted by Gasteiger charge is -2.00. The second kappa shape index (κ2) is 5.25. The van der Waals surface area contributed by atoms with Gasteiger partial charge in [0.25, 0.3) is 0 Å². The topological polar surface area (TPSA) is 50.4 Å². The van der Waals surface area contributed by atoms with E-state index in [4.69, 9.17) is 28.9 Å². The predicted octanol–water partition coefficient (Wildman–Crippen LogP) is 2.30. The van der Waals surface area contributed by atoms with Gasteiger partial charge in [0, 0.05) is 0 Å². The molecule has 0 amide bonds. The minimum atomic E-state index is -0.610. The van der Waals surface area contributed by atoms with Gasteiger partial charge in [-0.25, -0.2) is 4.39 Å². The summed E-state index contributed by atoms with van der Waals surface area (Å²) in [6.07, 6.45) is 1.32. The van der Waals surface area contributed by atoms with Crippen LogP contribution in [0.1, 0.15) is 5.56 Å². The Kier molecular flexibility index (Phi) is 4.26. The van der Waals surface area contributed by atoms with Gasteiger partial charge in [-0.2, -0.15) is 5.10 Å². The van der Waals surface area contributed by atoms with E-state index in [-0.39, 0.29) is 15.2 Å². The Morgan fingerprint density at radius 1 is 1.53 bits per heavy atom. The Hall–Kier alpha value is -0.910. The van der Waals surface area contributed by atoms with Crippen LogP contribution in [0.4, 0.5) is 4.39 Å². The smallest absolute Gasteiger partial charge is 0.184 e. The van der Waals surface area contributed by atoms with E-state index >= 15 is 0 Å². The molecule has 15 heavy (non-hydrogen) atoms. The normalized spacial score (nSPS) is 10.6. The number of thiocarbonyl (C=S) groups is 1. The second-order valence-electron chi connectivity index (χ2n) is 2.53. The zero-order valence-electron chi connectivity index (χ0n) is 7.30. The van der Waals surface area contributed by atoms with E-state index in [1.54, 1.807) is 0 Å². The molecule has 0 radical (unpaired) electrons. The first-order chi connectivity index (χ1) is 7.00. The molecule has 0 bridgehead atoms. The molecule has 0 saturated heterocycles. The van der Waals surface area contributed by atoms with Crippen LogP contribution >= 0.6 is 35.4 Å². The fourth-order valence-corrected chi connectivity index (χ4v) is 1.20. The number of hydrazone groups is 1. The standard InChI is InChI=1S/C8H6Cl2FN3S/c9-5-1-4(2-6(11)7(5)10)3-13-14-8(12)15/h1-3H,(H3,12,14,15). The average molecular weight is 266 g/mol. The molecule has 1 aromatic rings. The highest BCUT2D eigenvalue weighted by atomic mass is 35.5. The molecule has 0 atom stereocenters. The van der Waals surface area contributed by atoms with Gasteiger partial charge in [-0.05, 0) is 29.9 Å². The van der Waals surface area contributed by atoms with Crippen molar-refractivity contribution in [1.29, 1.82) is 0 Å². The molecule has 0 aliphatic heterocycles. The third-order valence-corrected chi connectivity index (χ3v) is 2.26. The van der Waals surface area contributed by atoms with Gasteiger partial charge in [0.05, 0.1) is 16.3 Å². The third kappa shape index (κ3) is 3.62. The summed E-state index contributed by atoms with van der Waals surface area (Å²) in [6.45, 7) is 0. The van der Waals surface area contributed by atoms with Crippen LogP contribution in [0.2, 0.25) is 10.0 Å². The minimum absolute atomic E-state index is 0.0202. The molecule has 0 aromatic heterocycles. The predicted molar refractivity (Wildman–Crippen MR) is 63.9 cm³/mol. The van der Waals surface area contributed by atoms with E-state index in [9.17, 15) is 4.39 Å². The monoisotopic (exact) mass is 265 g/mol. The molecule has 0 spiro atoms. The van der Waals surface area contributed by atoms with Crippen LogP contribution in [0.3, 0.4) is 0 Å². The van der Waals surface area contributed by atoms with Gasteiger partial charge >= 0.3 is 0 Å². The Bertz CT molecular complexity index is 399. The summed E-state index contributed by atoms with van der Waals surface area (Å²) in [5.41, 5.74) is 7.90. The van der Waals surface area contributed by atoms with Gasteiger partial charge in [0.15, 0.2) is 5.11 Å². The minimum Gasteiger partial charge on any atom is -0.375 e. The van der Waals surface area contributed by atoms with Crippen molar-refractivity contribution in [2.75, 3.05) is 0 Å². The van der Waals surface area contributed by atoms with Crippen molar-refractivity contribution in [3.63, 3.8) is 0 Å². The first-order valence-electron chi connectivity index (χ1n) is 3.73. The van der Waals surface area contributed by atoms with Gasteiger partial charge < -0.3 is 5.73 Å². The maximum absolute atomic E-state index is 13.1. The largest absolute Gasteiger partial charge is 0.375 e. The number of nitrogens with one attached hydrogen (secondary N) is 1. The first kappa shape index (κ1) is 12.2. The number of rotatable bonds is 2. The van der Waals surface area contributed by atoms with Crippen molar-refractivity contribution in [2.45, 2.75) is 0 Å². The fourth-order valence-electron chi connectivity index (χ4n) is 0.820. The zero-order valence-corrected chi connectivity index (χ0v) is 9.63. The maximum atomic E-state index is 13.1. The summed E-state index contributed by atoms with van der Waals surface area (Å²) in [4.78, 5) is 0. The Labute approximate surface area is 101 Å². The average Bonchev–Trinajstić information content (AvgIpc) is 2.13. The molecule has 0 heterocycles. The SMILES string of the molecule is NC(=S)NN=Cc1cc(F)c(Cl)c(Cl)c1. The molecule has 0 aliphatic carbocycles. The number of nitrogens with two attached hydrogens (primary N) is 1. The van der Waals surface area contributed by atoms with Crippen LogP contribution in [0.15, 0.2) is 17.2 Å². The molecule has 0 saturated carbocycles. The summed E-state index contributed by atoms with van der Waals surface area (Å²) in [5.74, 6) is -0.610. The molecule has 3 N–H and O–H groups in total. The van der Waals surface area contributed by atoms with Gasteiger partial charge in [0.1, 0.15) is 5.82 Å². The molecule has 3 nitrogen and oxygen atoms in total. The number of hydrogen-bond acceptors (Lipinski definition) is 2. The van der Waals surface area contributed by atoms with Crippen molar-refractivity contribution in [2.24, 2.45) is 10.8 Å². The van der Waals surface area contributed by atoms with E-state index < -0.39 is 5.82 Å². The fraction of sp³-hybridized carbons (Fsp3) is 0. The zero-order chi connectivity index (χ0) is 11.4. The second-order valence-corrected chi connectivity index (χ2v) is 3.76. The summed E-state index contributed by atoms with van der Waals surface area (Å²) < 4.78 is 13.1. The van der Waals surface area contributed by atoms with Crippen molar-refractivity contribution in [3.05, 3.63) is 33.6 Å². The Morgan fingerprint density at radius 3 is 2.73 bits per heavy atom. The lowest BCUT2D eigenvalue weighted by atomic mass is 10.2. The number of hydrogen-bond donors (Lipinski definition) is 2. The van der Waals surface area contributed by atoms with Gasteiger partial charge in [-0.1, -0.05) is 23.2 Å². The van der Waals surface area contributed by atoms with E-state index in [2.05, 4.69) is 22.7 Å². The number of halogens is 3. The molecular formula is C8H6Cl2FN3S. The maximum Gasteiger partial charge on any atom is 0.184 e. The molecular weight excluding hydrogens is 260 g/mol. The summed E-state index contributed by atoms with van der Waals surface area (Å²) in [7, 11) is 0. The van der Waals surface area contributed by atoms with Crippen LogP contribution in [0.25, 0.3) is 0 Å². The van der Waals surface area contributed by atoms with Crippen molar-refractivity contribution in [1.82, 2.24) is 5.43 Å². The van der Waals surface area contributed by atoms with Crippen molar-refractivity contribution in [3.8, 4) is 0 Å². The van der Waals surface area contributed by atoms with Crippen LogP contribution in [0.5, 0.6) is 0 Å². The molecule has 0 unspecified atom stereocenters. The quantitative estimate of drug-likeness (QED) is 0.374. The van der Waals surface area contributed by atoms with E-state index in [1.165, 1.54) is 18.3 Å². The van der Waals surface area contributed by atoms with Crippen LogP contribution in [0, 0.1) is 5.82 Å². The van der Waals surface area contributed by atoms with E-state index in [0.29, 0.717) is 5.56 Å². The Morgan fingerprint density at radius 2 is 2.20 bits per heavy atom. The molecule has 0 aliphatic rings. The van der Waals surface area contributed by atoms with Gasteiger partial charge in [0.2, 0.25) is 0 Å².